The number of amides is 4. The SMILES string of the molecule is CC1CCCCC1N1C(=O)c2ccc3c4c(ccc(c24)C1=O)C(=O)N(C1CCCCC1C)C3=O. The number of hydrogen-bond donors (Lipinski definition) is 0. The van der Waals surface area contributed by atoms with E-state index in [9.17, 15) is 19.2 Å². The van der Waals surface area contributed by atoms with Gasteiger partial charge in [-0.3, -0.25) is 29.0 Å². The first-order chi connectivity index (χ1) is 16.4. The monoisotopic (exact) mass is 458 g/mol. The molecule has 0 saturated heterocycles. The zero-order valence-corrected chi connectivity index (χ0v) is 19.8. The summed E-state index contributed by atoms with van der Waals surface area (Å²) in [7, 11) is 0. The van der Waals surface area contributed by atoms with Crippen LogP contribution >= 0.6 is 0 Å². The van der Waals surface area contributed by atoms with E-state index in [2.05, 4.69) is 13.8 Å². The van der Waals surface area contributed by atoms with Crippen molar-refractivity contribution >= 4 is 34.4 Å². The van der Waals surface area contributed by atoms with Crippen LogP contribution in [0.2, 0.25) is 0 Å². The van der Waals surface area contributed by atoms with E-state index in [1.54, 1.807) is 24.3 Å². The lowest BCUT2D eigenvalue weighted by atomic mass is 9.80. The normalized spacial score (nSPS) is 29.2. The number of hydrogen-bond acceptors (Lipinski definition) is 4. The molecule has 6 rings (SSSR count). The Bertz CT molecular complexity index is 1100. The quantitative estimate of drug-likeness (QED) is 0.581. The summed E-state index contributed by atoms with van der Waals surface area (Å²) in [4.78, 5) is 57.4. The third kappa shape index (κ3) is 2.87. The lowest BCUT2D eigenvalue weighted by molar-refractivity contribution is 0.0419. The number of nitrogens with zero attached hydrogens (tertiary/aromatic N) is 2. The van der Waals surface area contributed by atoms with Crippen molar-refractivity contribution in [3.05, 3.63) is 46.5 Å². The van der Waals surface area contributed by atoms with Gasteiger partial charge in [0.25, 0.3) is 23.6 Å². The molecule has 2 heterocycles. The zero-order chi connectivity index (χ0) is 23.7. The molecule has 4 amide bonds. The van der Waals surface area contributed by atoms with Gasteiger partial charge in [-0.05, 0) is 61.8 Å². The van der Waals surface area contributed by atoms with E-state index in [-0.39, 0.29) is 47.5 Å². The molecule has 4 atom stereocenters. The molecule has 6 nitrogen and oxygen atoms in total. The van der Waals surface area contributed by atoms with Crippen molar-refractivity contribution in [1.82, 2.24) is 9.80 Å². The third-order valence-corrected chi connectivity index (χ3v) is 8.75. The average Bonchev–Trinajstić information content (AvgIpc) is 2.83. The van der Waals surface area contributed by atoms with Gasteiger partial charge in [-0.1, -0.05) is 39.5 Å². The van der Waals surface area contributed by atoms with Gasteiger partial charge in [-0.25, -0.2) is 0 Å². The molecule has 176 valence electrons. The van der Waals surface area contributed by atoms with Gasteiger partial charge in [-0.2, -0.15) is 0 Å². The van der Waals surface area contributed by atoms with Crippen LogP contribution in [0.25, 0.3) is 10.8 Å². The third-order valence-electron chi connectivity index (χ3n) is 8.75. The van der Waals surface area contributed by atoms with Gasteiger partial charge in [0.1, 0.15) is 0 Å². The molecule has 2 aromatic rings. The maximum Gasteiger partial charge on any atom is 0.261 e. The molecule has 0 spiro atoms. The summed E-state index contributed by atoms with van der Waals surface area (Å²) in [5.74, 6) is -0.701. The van der Waals surface area contributed by atoms with Crippen LogP contribution in [0.5, 0.6) is 0 Å². The van der Waals surface area contributed by atoms with Crippen molar-refractivity contribution in [2.24, 2.45) is 11.8 Å². The first-order valence-electron chi connectivity index (χ1n) is 12.8. The number of rotatable bonds is 2. The molecule has 2 aliphatic carbocycles. The highest BCUT2D eigenvalue weighted by atomic mass is 16.2. The zero-order valence-electron chi connectivity index (χ0n) is 19.8. The summed E-state index contributed by atoms with van der Waals surface area (Å²) in [6, 6.07) is 6.53. The second-order valence-electron chi connectivity index (χ2n) is 10.7. The molecular weight excluding hydrogens is 428 g/mol. The molecule has 0 N–H and O–H groups in total. The summed E-state index contributed by atoms with van der Waals surface area (Å²) in [6.07, 6.45) is 7.88. The lowest BCUT2D eigenvalue weighted by Gasteiger charge is -2.41. The Morgan fingerprint density at radius 1 is 0.529 bits per heavy atom. The van der Waals surface area contributed by atoms with Crippen LogP contribution in [0.15, 0.2) is 24.3 Å². The van der Waals surface area contributed by atoms with Crippen LogP contribution in [0.4, 0.5) is 0 Å². The van der Waals surface area contributed by atoms with Gasteiger partial charge in [0, 0.05) is 45.1 Å². The number of carbonyl (C=O) groups excluding carboxylic acids is 4. The second-order valence-corrected chi connectivity index (χ2v) is 10.7. The Kier molecular flexibility index (Phi) is 4.91. The van der Waals surface area contributed by atoms with Crippen LogP contribution < -0.4 is 0 Å². The minimum Gasteiger partial charge on any atom is -0.271 e. The fourth-order valence-corrected chi connectivity index (χ4v) is 6.87. The Hall–Kier alpha value is -3.02. The van der Waals surface area contributed by atoms with Gasteiger partial charge in [0.2, 0.25) is 0 Å². The summed E-state index contributed by atoms with van der Waals surface area (Å²) in [5.41, 5.74) is 1.70. The summed E-state index contributed by atoms with van der Waals surface area (Å²) < 4.78 is 0. The summed E-state index contributed by atoms with van der Waals surface area (Å²) in [6.45, 7) is 4.22. The molecule has 0 radical (unpaired) electrons. The van der Waals surface area contributed by atoms with Crippen molar-refractivity contribution in [1.29, 1.82) is 0 Å². The Labute approximate surface area is 199 Å². The lowest BCUT2D eigenvalue weighted by Crippen LogP contribution is -2.52. The highest BCUT2D eigenvalue weighted by molar-refractivity contribution is 6.33. The standard InChI is InChI=1S/C28H30N2O4/c1-15-7-3-5-9-21(15)29-25(31)17-11-13-19-24-20(14-12-18(23(17)24)26(29)32)28(34)30(27(19)33)22-10-6-4-8-16(22)2/h11-16,21-22H,3-10H2,1-2H3. The van der Waals surface area contributed by atoms with Crippen molar-refractivity contribution in [2.75, 3.05) is 0 Å². The molecule has 2 aliphatic heterocycles. The van der Waals surface area contributed by atoms with E-state index < -0.39 is 0 Å². The van der Waals surface area contributed by atoms with Crippen molar-refractivity contribution in [3.63, 3.8) is 0 Å². The van der Waals surface area contributed by atoms with Gasteiger partial charge in [0.05, 0.1) is 0 Å². The first kappa shape index (κ1) is 21.5. The maximum absolute atomic E-state index is 13.6. The highest BCUT2D eigenvalue weighted by Crippen LogP contribution is 2.42. The largest absolute Gasteiger partial charge is 0.271 e. The topological polar surface area (TPSA) is 74.8 Å². The van der Waals surface area contributed by atoms with E-state index in [1.165, 1.54) is 9.80 Å². The van der Waals surface area contributed by atoms with E-state index >= 15 is 0 Å². The predicted molar refractivity (Wildman–Crippen MR) is 128 cm³/mol. The predicted octanol–water partition coefficient (Wildman–Crippen LogP) is 5.19. The van der Waals surface area contributed by atoms with E-state index in [4.69, 9.17) is 0 Å². The average molecular weight is 459 g/mol. The molecule has 2 fully saturated rings. The summed E-state index contributed by atoms with van der Waals surface area (Å²) in [5, 5.41) is 0.950. The fourth-order valence-electron chi connectivity index (χ4n) is 6.87. The van der Waals surface area contributed by atoms with Crippen molar-refractivity contribution < 1.29 is 19.2 Å². The second kappa shape index (κ2) is 7.76. The van der Waals surface area contributed by atoms with E-state index in [0.717, 1.165) is 51.4 Å². The minimum atomic E-state index is -0.303. The van der Waals surface area contributed by atoms with Crippen molar-refractivity contribution in [2.45, 2.75) is 77.3 Å². The summed E-state index contributed by atoms with van der Waals surface area (Å²) >= 11 is 0. The molecule has 4 unspecified atom stereocenters. The number of imide groups is 2. The van der Waals surface area contributed by atoms with E-state index in [0.29, 0.717) is 33.0 Å². The Morgan fingerprint density at radius 3 is 1.12 bits per heavy atom. The van der Waals surface area contributed by atoms with Crippen molar-refractivity contribution in [3.8, 4) is 0 Å². The molecule has 2 aromatic carbocycles. The van der Waals surface area contributed by atoms with Gasteiger partial charge in [0.15, 0.2) is 0 Å². The van der Waals surface area contributed by atoms with Gasteiger partial charge < -0.3 is 0 Å². The maximum atomic E-state index is 13.6. The van der Waals surface area contributed by atoms with Gasteiger partial charge in [-0.15, -0.1) is 0 Å². The van der Waals surface area contributed by atoms with Crippen LogP contribution in [0, 0.1) is 11.8 Å². The van der Waals surface area contributed by atoms with Gasteiger partial charge >= 0.3 is 0 Å². The molecule has 34 heavy (non-hydrogen) atoms. The van der Waals surface area contributed by atoms with Crippen LogP contribution in [-0.4, -0.2) is 45.5 Å². The fraction of sp³-hybridized carbons (Fsp3) is 0.500. The highest BCUT2D eigenvalue weighted by Gasteiger charge is 2.45. The molecule has 4 aliphatic rings. The number of carbonyl (C=O) groups is 4. The molecular formula is C28H30N2O4. The van der Waals surface area contributed by atoms with Crippen LogP contribution in [0.1, 0.15) is 107 Å². The number of benzene rings is 2. The van der Waals surface area contributed by atoms with E-state index in [1.807, 2.05) is 0 Å². The molecule has 0 aromatic heterocycles. The Morgan fingerprint density at radius 2 is 0.824 bits per heavy atom. The molecule has 6 heteroatoms. The molecule has 0 bridgehead atoms. The Balaban J connectivity index is 1.49. The van der Waals surface area contributed by atoms with Crippen LogP contribution in [-0.2, 0) is 0 Å². The molecule has 2 saturated carbocycles. The minimum absolute atomic E-state index is 0.115. The first-order valence-corrected chi connectivity index (χ1v) is 12.8. The smallest absolute Gasteiger partial charge is 0.261 e. The van der Waals surface area contributed by atoms with Crippen LogP contribution in [0.3, 0.4) is 0 Å².